The van der Waals surface area contributed by atoms with E-state index in [9.17, 15) is 5.11 Å². The highest BCUT2D eigenvalue weighted by Crippen LogP contribution is 2.24. The molecule has 0 saturated heterocycles. The van der Waals surface area contributed by atoms with Crippen LogP contribution in [0.2, 0.25) is 0 Å². The summed E-state index contributed by atoms with van der Waals surface area (Å²) in [6.07, 6.45) is 0. The summed E-state index contributed by atoms with van der Waals surface area (Å²) in [5, 5.41) is 12.9. The Morgan fingerprint density at radius 3 is 1.94 bits per heavy atom. The largest absolute Gasteiger partial charge is 0.395 e. The minimum absolute atomic E-state index is 0.153. The molecule has 1 aromatic rings. The van der Waals surface area contributed by atoms with Crippen LogP contribution in [0.4, 0.5) is 0 Å². The van der Waals surface area contributed by atoms with Gasteiger partial charge in [-0.05, 0) is 50.3 Å². The summed E-state index contributed by atoms with van der Waals surface area (Å²) in [6, 6.07) is 4.87. The quantitative estimate of drug-likeness (QED) is 0.839. The fourth-order valence-corrected chi connectivity index (χ4v) is 2.73. The van der Waals surface area contributed by atoms with Gasteiger partial charge in [-0.1, -0.05) is 31.5 Å². The molecule has 0 bridgehead atoms. The van der Waals surface area contributed by atoms with Crippen molar-refractivity contribution in [2.75, 3.05) is 6.61 Å². The third kappa shape index (κ3) is 3.56. The van der Waals surface area contributed by atoms with Crippen molar-refractivity contribution in [1.82, 2.24) is 5.32 Å². The Morgan fingerprint density at radius 1 is 1.06 bits per heavy atom. The van der Waals surface area contributed by atoms with E-state index in [-0.39, 0.29) is 18.7 Å². The predicted octanol–water partition coefficient (Wildman–Crippen LogP) is 3.28. The summed E-state index contributed by atoms with van der Waals surface area (Å²) in [6.45, 7) is 13.1. The van der Waals surface area contributed by atoms with E-state index in [1.165, 1.54) is 22.3 Å². The second-order valence-electron chi connectivity index (χ2n) is 5.73. The van der Waals surface area contributed by atoms with Gasteiger partial charge in [-0.2, -0.15) is 0 Å². The fourth-order valence-electron chi connectivity index (χ4n) is 2.73. The van der Waals surface area contributed by atoms with Gasteiger partial charge in [0, 0.05) is 12.1 Å². The Labute approximate surface area is 111 Å². The van der Waals surface area contributed by atoms with Gasteiger partial charge in [-0.3, -0.25) is 0 Å². The topological polar surface area (TPSA) is 32.3 Å². The first-order chi connectivity index (χ1) is 8.36. The molecule has 1 rings (SSSR count). The van der Waals surface area contributed by atoms with Crippen LogP contribution in [0, 0.1) is 26.7 Å². The van der Waals surface area contributed by atoms with Gasteiger partial charge in [0.25, 0.3) is 0 Å². The van der Waals surface area contributed by atoms with Crippen molar-refractivity contribution in [3.63, 3.8) is 0 Å². The van der Waals surface area contributed by atoms with E-state index in [4.69, 9.17) is 0 Å². The van der Waals surface area contributed by atoms with Crippen LogP contribution in [0.25, 0.3) is 0 Å². The monoisotopic (exact) mass is 249 g/mol. The van der Waals surface area contributed by atoms with Crippen LogP contribution in [0.1, 0.15) is 49.1 Å². The Kier molecular flexibility index (Phi) is 5.36. The highest BCUT2D eigenvalue weighted by molar-refractivity contribution is 5.39. The van der Waals surface area contributed by atoms with Crippen LogP contribution >= 0.6 is 0 Å². The van der Waals surface area contributed by atoms with Crippen molar-refractivity contribution in [3.05, 3.63) is 34.4 Å². The molecule has 0 aliphatic rings. The summed E-state index contributed by atoms with van der Waals surface area (Å²) in [5.41, 5.74) is 5.32. The van der Waals surface area contributed by atoms with Crippen LogP contribution in [0.3, 0.4) is 0 Å². The summed E-state index contributed by atoms with van der Waals surface area (Å²) in [7, 11) is 0. The molecule has 0 saturated carbocycles. The van der Waals surface area contributed by atoms with Crippen molar-refractivity contribution in [3.8, 4) is 0 Å². The van der Waals surface area contributed by atoms with Gasteiger partial charge in [0.05, 0.1) is 6.61 Å². The first-order valence-corrected chi connectivity index (χ1v) is 6.81. The SMILES string of the molecule is Cc1cc(C)c(C(C)NC(CO)C(C)C)c(C)c1. The summed E-state index contributed by atoms with van der Waals surface area (Å²) in [5.74, 6) is 0.434. The lowest BCUT2D eigenvalue weighted by Gasteiger charge is -2.27. The van der Waals surface area contributed by atoms with Gasteiger partial charge >= 0.3 is 0 Å². The lowest BCUT2D eigenvalue weighted by molar-refractivity contribution is 0.201. The fraction of sp³-hybridized carbons (Fsp3) is 0.625. The van der Waals surface area contributed by atoms with Crippen molar-refractivity contribution in [2.45, 2.75) is 53.6 Å². The normalized spacial score (nSPS) is 14.9. The predicted molar refractivity (Wildman–Crippen MR) is 77.9 cm³/mol. The van der Waals surface area contributed by atoms with E-state index in [0.717, 1.165) is 0 Å². The highest BCUT2D eigenvalue weighted by Gasteiger charge is 2.18. The van der Waals surface area contributed by atoms with Gasteiger partial charge in [0.2, 0.25) is 0 Å². The van der Waals surface area contributed by atoms with Gasteiger partial charge in [0.15, 0.2) is 0 Å². The van der Waals surface area contributed by atoms with Crippen molar-refractivity contribution < 1.29 is 5.11 Å². The molecule has 18 heavy (non-hydrogen) atoms. The minimum Gasteiger partial charge on any atom is -0.395 e. The zero-order valence-electron chi connectivity index (χ0n) is 12.5. The van der Waals surface area contributed by atoms with Gasteiger partial charge in [0.1, 0.15) is 0 Å². The Balaban J connectivity index is 2.94. The smallest absolute Gasteiger partial charge is 0.0587 e. The van der Waals surface area contributed by atoms with E-state index >= 15 is 0 Å². The zero-order chi connectivity index (χ0) is 13.9. The summed E-state index contributed by atoms with van der Waals surface area (Å²) >= 11 is 0. The highest BCUT2D eigenvalue weighted by atomic mass is 16.3. The summed E-state index contributed by atoms with van der Waals surface area (Å²) < 4.78 is 0. The van der Waals surface area contributed by atoms with Crippen molar-refractivity contribution >= 4 is 0 Å². The molecule has 0 heterocycles. The van der Waals surface area contributed by atoms with E-state index in [0.29, 0.717) is 5.92 Å². The first kappa shape index (κ1) is 15.2. The molecule has 0 aliphatic heterocycles. The van der Waals surface area contributed by atoms with E-state index in [1.54, 1.807) is 0 Å². The maximum atomic E-state index is 9.41. The molecule has 0 aromatic heterocycles. The Bertz CT molecular complexity index is 375. The number of aliphatic hydroxyl groups excluding tert-OH is 1. The number of nitrogens with one attached hydrogen (secondary N) is 1. The molecule has 2 atom stereocenters. The zero-order valence-corrected chi connectivity index (χ0v) is 12.5. The van der Waals surface area contributed by atoms with Crippen LogP contribution < -0.4 is 5.32 Å². The number of hydrogen-bond donors (Lipinski definition) is 2. The number of hydrogen-bond acceptors (Lipinski definition) is 2. The average Bonchev–Trinajstić information content (AvgIpc) is 2.23. The molecule has 2 unspecified atom stereocenters. The third-order valence-corrected chi connectivity index (χ3v) is 3.64. The van der Waals surface area contributed by atoms with E-state index in [1.807, 2.05) is 0 Å². The Morgan fingerprint density at radius 2 is 1.56 bits per heavy atom. The van der Waals surface area contributed by atoms with Crippen molar-refractivity contribution in [2.24, 2.45) is 5.92 Å². The lowest BCUT2D eigenvalue weighted by atomic mass is 9.93. The molecule has 1 aromatic carbocycles. The summed E-state index contributed by atoms with van der Waals surface area (Å²) in [4.78, 5) is 0. The maximum absolute atomic E-state index is 9.41. The number of aryl methyl sites for hydroxylation is 3. The van der Waals surface area contributed by atoms with E-state index < -0.39 is 0 Å². The van der Waals surface area contributed by atoms with Crippen molar-refractivity contribution in [1.29, 1.82) is 0 Å². The molecule has 0 aliphatic carbocycles. The number of benzene rings is 1. The maximum Gasteiger partial charge on any atom is 0.0587 e. The average molecular weight is 249 g/mol. The minimum atomic E-state index is 0.153. The van der Waals surface area contributed by atoms with Crippen LogP contribution in [-0.2, 0) is 0 Å². The lowest BCUT2D eigenvalue weighted by Crippen LogP contribution is -2.39. The molecule has 0 fully saturated rings. The number of rotatable bonds is 5. The van der Waals surface area contributed by atoms with Gasteiger partial charge < -0.3 is 10.4 Å². The van der Waals surface area contributed by atoms with Gasteiger partial charge in [-0.15, -0.1) is 0 Å². The molecule has 2 heteroatoms. The molecule has 2 N–H and O–H groups in total. The van der Waals surface area contributed by atoms with Crippen LogP contribution in [0.5, 0.6) is 0 Å². The molecule has 2 nitrogen and oxygen atoms in total. The molecular formula is C16H27NO. The van der Waals surface area contributed by atoms with E-state index in [2.05, 4.69) is 59.0 Å². The third-order valence-electron chi connectivity index (χ3n) is 3.64. The number of aliphatic hydroxyl groups is 1. The first-order valence-electron chi connectivity index (χ1n) is 6.81. The van der Waals surface area contributed by atoms with Crippen LogP contribution in [-0.4, -0.2) is 17.8 Å². The standard InChI is InChI=1S/C16H27NO/c1-10(2)15(9-18)17-14(6)16-12(4)7-11(3)8-13(16)5/h7-8,10,14-15,17-18H,9H2,1-6H3. The molecule has 0 radical (unpaired) electrons. The second kappa shape index (κ2) is 6.35. The molecule has 0 spiro atoms. The molecule has 0 amide bonds. The van der Waals surface area contributed by atoms with Gasteiger partial charge in [-0.25, -0.2) is 0 Å². The molecule has 102 valence electrons. The molecular weight excluding hydrogens is 222 g/mol. The Hall–Kier alpha value is -0.860. The van der Waals surface area contributed by atoms with Crippen LogP contribution in [0.15, 0.2) is 12.1 Å². The second-order valence-corrected chi connectivity index (χ2v) is 5.73.